The molecule has 5 heteroatoms. The van der Waals surface area contributed by atoms with Gasteiger partial charge in [-0.2, -0.15) is 0 Å². The van der Waals surface area contributed by atoms with Crippen LogP contribution in [0.15, 0.2) is 35.6 Å². The number of halogens is 1. The smallest absolute Gasteiger partial charge is 0.108 e. The van der Waals surface area contributed by atoms with Gasteiger partial charge in [0.25, 0.3) is 0 Å². The lowest BCUT2D eigenvalue weighted by atomic mass is 10.2. The van der Waals surface area contributed by atoms with E-state index in [1.807, 2.05) is 12.1 Å². The summed E-state index contributed by atoms with van der Waals surface area (Å²) in [6.45, 7) is 0. The van der Waals surface area contributed by atoms with E-state index in [9.17, 15) is 0 Å². The first kappa shape index (κ1) is 11.5. The van der Waals surface area contributed by atoms with Crippen LogP contribution in [0.4, 0.5) is 0 Å². The Hall–Kier alpha value is -1.94. The van der Waals surface area contributed by atoms with Crippen LogP contribution in [-0.4, -0.2) is 23.2 Å². The third-order valence-corrected chi connectivity index (χ3v) is 2.58. The van der Waals surface area contributed by atoms with Crippen LogP contribution < -0.4 is 5.73 Å². The van der Waals surface area contributed by atoms with Crippen LogP contribution in [0.5, 0.6) is 0 Å². The summed E-state index contributed by atoms with van der Waals surface area (Å²) in [7, 11) is 1.68. The van der Waals surface area contributed by atoms with Gasteiger partial charge in [-0.15, -0.1) is 0 Å². The Morgan fingerprint density at radius 1 is 1.41 bits per heavy atom. The fraction of sp³-hybridized carbons (Fsp3) is 0.0833. The number of pyridine rings is 2. The third-order valence-electron chi connectivity index (χ3n) is 2.28. The molecule has 0 aliphatic heterocycles. The van der Waals surface area contributed by atoms with Crippen LogP contribution in [0, 0.1) is 0 Å². The summed E-state index contributed by atoms with van der Waals surface area (Å²) in [6, 6.07) is 5.41. The topological polar surface area (TPSA) is 64.2 Å². The second-order valence-corrected chi connectivity index (χ2v) is 3.77. The van der Waals surface area contributed by atoms with Gasteiger partial charge in [0.1, 0.15) is 5.52 Å². The number of hydrogen-bond acceptors (Lipinski definition) is 4. The van der Waals surface area contributed by atoms with Gasteiger partial charge in [0, 0.05) is 31.2 Å². The molecule has 0 unspecified atom stereocenters. The van der Waals surface area contributed by atoms with E-state index < -0.39 is 0 Å². The molecule has 0 radical (unpaired) electrons. The second kappa shape index (κ2) is 4.93. The van der Waals surface area contributed by atoms with E-state index in [0.717, 1.165) is 16.8 Å². The Kier molecular flexibility index (Phi) is 3.35. The van der Waals surface area contributed by atoms with E-state index in [4.69, 9.17) is 17.3 Å². The minimum atomic E-state index is 0.571. The van der Waals surface area contributed by atoms with Crippen LogP contribution in [-0.2, 0) is 0 Å². The van der Waals surface area contributed by atoms with Crippen molar-refractivity contribution in [1.29, 1.82) is 0 Å². The monoisotopic (exact) mass is 246 g/mol. The molecule has 4 nitrogen and oxygen atoms in total. The average Bonchev–Trinajstić information content (AvgIpc) is 2.36. The molecular formula is C12H11ClN4. The van der Waals surface area contributed by atoms with E-state index in [1.54, 1.807) is 25.5 Å². The molecule has 2 N–H and O–H groups in total. The number of allylic oxidation sites excluding steroid dienone is 1. The van der Waals surface area contributed by atoms with Gasteiger partial charge < -0.3 is 5.73 Å². The number of nitrogens with zero attached hydrogens (tertiary/aromatic N) is 3. The zero-order chi connectivity index (χ0) is 12.3. The summed E-state index contributed by atoms with van der Waals surface area (Å²) in [5, 5.41) is 0.571. The molecule has 0 aromatic carbocycles. The molecule has 0 fully saturated rings. The van der Waals surface area contributed by atoms with Crippen molar-refractivity contribution >= 4 is 34.4 Å². The largest absolute Gasteiger partial charge is 0.404 e. The quantitative estimate of drug-likeness (QED) is 0.827. The van der Waals surface area contributed by atoms with Gasteiger partial charge in [-0.1, -0.05) is 11.6 Å². The highest BCUT2D eigenvalue weighted by Crippen LogP contribution is 2.21. The van der Waals surface area contributed by atoms with Crippen molar-refractivity contribution in [1.82, 2.24) is 9.97 Å². The second-order valence-electron chi connectivity index (χ2n) is 3.37. The van der Waals surface area contributed by atoms with Gasteiger partial charge in [-0.3, -0.25) is 9.98 Å². The normalized spacial score (nSPS) is 12.5. The Morgan fingerprint density at radius 2 is 2.24 bits per heavy atom. The zero-order valence-corrected chi connectivity index (χ0v) is 10.0. The van der Waals surface area contributed by atoms with Crippen molar-refractivity contribution in [2.75, 3.05) is 7.05 Å². The first-order chi connectivity index (χ1) is 8.26. The van der Waals surface area contributed by atoms with E-state index in [2.05, 4.69) is 15.0 Å². The predicted octanol–water partition coefficient (Wildman–Crippen LogP) is 2.28. The summed E-state index contributed by atoms with van der Waals surface area (Å²) in [5.41, 5.74) is 8.42. The van der Waals surface area contributed by atoms with Gasteiger partial charge in [0.2, 0.25) is 0 Å². The maximum absolute atomic E-state index is 6.07. The molecule has 0 saturated carbocycles. The number of aliphatic imine (C=N–C) groups is 1. The molecule has 86 valence electrons. The molecule has 2 aromatic heterocycles. The molecule has 0 atom stereocenters. The van der Waals surface area contributed by atoms with Crippen molar-refractivity contribution in [3.63, 3.8) is 0 Å². The molecule has 2 rings (SSSR count). The first-order valence-corrected chi connectivity index (χ1v) is 5.39. The standard InChI is InChI=1S/C12H11ClN4/c1-15-7-8(6-14)10-2-3-11-12(17-10)9(13)4-5-16-11/h2-7H,14H2,1H3. The average molecular weight is 247 g/mol. The molecule has 0 aliphatic carbocycles. The van der Waals surface area contributed by atoms with Crippen molar-refractivity contribution in [3.05, 3.63) is 41.3 Å². The van der Waals surface area contributed by atoms with Crippen molar-refractivity contribution in [2.45, 2.75) is 0 Å². The molecule has 0 bridgehead atoms. The lowest BCUT2D eigenvalue weighted by molar-refractivity contribution is 1.30. The number of aromatic nitrogens is 2. The first-order valence-electron chi connectivity index (χ1n) is 5.02. The van der Waals surface area contributed by atoms with E-state index >= 15 is 0 Å². The number of rotatable bonds is 2. The maximum Gasteiger partial charge on any atom is 0.108 e. The minimum Gasteiger partial charge on any atom is -0.404 e. The lowest BCUT2D eigenvalue weighted by Crippen LogP contribution is -1.96. The molecule has 0 spiro atoms. The van der Waals surface area contributed by atoms with E-state index in [1.165, 1.54) is 6.20 Å². The highest BCUT2D eigenvalue weighted by Gasteiger charge is 2.05. The van der Waals surface area contributed by atoms with Crippen molar-refractivity contribution < 1.29 is 0 Å². The summed E-state index contributed by atoms with van der Waals surface area (Å²) in [5.74, 6) is 0. The third kappa shape index (κ3) is 2.26. The number of hydrogen-bond donors (Lipinski definition) is 1. The SMILES string of the molecule is CN=CC(=CN)c1ccc2nccc(Cl)c2n1. The molecule has 0 aliphatic rings. The van der Waals surface area contributed by atoms with Crippen LogP contribution in [0.3, 0.4) is 0 Å². The Morgan fingerprint density at radius 3 is 2.94 bits per heavy atom. The minimum absolute atomic E-state index is 0.571. The van der Waals surface area contributed by atoms with Gasteiger partial charge >= 0.3 is 0 Å². The molecule has 2 heterocycles. The highest BCUT2D eigenvalue weighted by atomic mass is 35.5. The fourth-order valence-corrected chi connectivity index (χ4v) is 1.68. The molecule has 2 aromatic rings. The predicted molar refractivity (Wildman–Crippen MR) is 71.1 cm³/mol. The Bertz CT molecular complexity index is 604. The van der Waals surface area contributed by atoms with Crippen LogP contribution >= 0.6 is 11.6 Å². The number of nitrogens with two attached hydrogens (primary N) is 1. The molecule has 0 saturated heterocycles. The maximum atomic E-state index is 6.07. The summed E-state index contributed by atoms with van der Waals surface area (Å²) < 4.78 is 0. The van der Waals surface area contributed by atoms with Gasteiger partial charge in [0.05, 0.1) is 16.2 Å². The number of fused-ring (bicyclic) bond motifs is 1. The highest BCUT2D eigenvalue weighted by molar-refractivity contribution is 6.34. The van der Waals surface area contributed by atoms with E-state index in [-0.39, 0.29) is 0 Å². The summed E-state index contributed by atoms with van der Waals surface area (Å²) in [6.07, 6.45) is 4.77. The lowest BCUT2D eigenvalue weighted by Gasteiger charge is -2.03. The van der Waals surface area contributed by atoms with Crippen LogP contribution in [0.2, 0.25) is 5.02 Å². The fourth-order valence-electron chi connectivity index (χ4n) is 1.49. The molecule has 17 heavy (non-hydrogen) atoms. The van der Waals surface area contributed by atoms with Crippen LogP contribution in [0.1, 0.15) is 5.69 Å². The van der Waals surface area contributed by atoms with E-state index in [0.29, 0.717) is 10.5 Å². The summed E-state index contributed by atoms with van der Waals surface area (Å²) >= 11 is 6.07. The van der Waals surface area contributed by atoms with Gasteiger partial charge in [-0.25, -0.2) is 4.98 Å². The Labute approximate surface area is 104 Å². The molecule has 0 amide bonds. The van der Waals surface area contributed by atoms with Crippen LogP contribution in [0.25, 0.3) is 16.6 Å². The Balaban J connectivity index is 2.62. The molecular weight excluding hydrogens is 236 g/mol. The van der Waals surface area contributed by atoms with Crippen molar-refractivity contribution in [3.8, 4) is 0 Å². The summed E-state index contributed by atoms with van der Waals surface area (Å²) in [4.78, 5) is 12.5. The van der Waals surface area contributed by atoms with Gasteiger partial charge in [-0.05, 0) is 18.2 Å². The zero-order valence-electron chi connectivity index (χ0n) is 9.26. The van der Waals surface area contributed by atoms with Gasteiger partial charge in [0.15, 0.2) is 0 Å². The van der Waals surface area contributed by atoms with Crippen molar-refractivity contribution in [2.24, 2.45) is 10.7 Å².